The number of nitrogens with zero attached hydrogens (tertiary/aromatic N) is 2. The van der Waals surface area contributed by atoms with Crippen molar-refractivity contribution in [3.8, 4) is 6.07 Å². The molecule has 0 saturated carbocycles. The van der Waals surface area contributed by atoms with E-state index < -0.39 is 5.92 Å². The number of thiophene rings is 1. The predicted molar refractivity (Wildman–Crippen MR) is 129 cm³/mol. The number of rotatable bonds is 4. The van der Waals surface area contributed by atoms with Gasteiger partial charge >= 0.3 is 0 Å². The second-order valence-corrected chi connectivity index (χ2v) is 11.4. The zero-order valence-electron chi connectivity index (χ0n) is 18.4. The SMILES string of the molecule is CCSc1sccc1[C@H]1C(C#N)=C(N)N(c2ccc(C)cc2)C2=C1C(=O)CC(C)(C)C2. The van der Waals surface area contributed by atoms with Crippen molar-refractivity contribution in [3.63, 3.8) is 0 Å². The van der Waals surface area contributed by atoms with Crippen molar-refractivity contribution < 1.29 is 4.79 Å². The highest BCUT2D eigenvalue weighted by Gasteiger charge is 2.45. The quantitative estimate of drug-likeness (QED) is 0.570. The average molecular weight is 450 g/mol. The minimum absolute atomic E-state index is 0.118. The molecule has 0 fully saturated rings. The van der Waals surface area contributed by atoms with E-state index in [1.807, 2.05) is 41.5 Å². The van der Waals surface area contributed by atoms with E-state index in [9.17, 15) is 10.1 Å². The first-order valence-corrected chi connectivity index (χ1v) is 12.4. The molecule has 1 aromatic carbocycles. The fourth-order valence-corrected chi connectivity index (χ4v) is 6.64. The molecule has 2 aromatic rings. The van der Waals surface area contributed by atoms with Gasteiger partial charge in [0.2, 0.25) is 0 Å². The predicted octanol–water partition coefficient (Wildman–Crippen LogP) is 6.11. The van der Waals surface area contributed by atoms with Crippen LogP contribution in [0, 0.1) is 23.7 Å². The topological polar surface area (TPSA) is 70.1 Å². The van der Waals surface area contributed by atoms with Crippen molar-refractivity contribution in [2.45, 2.75) is 50.7 Å². The van der Waals surface area contributed by atoms with Gasteiger partial charge in [-0.3, -0.25) is 9.69 Å². The van der Waals surface area contributed by atoms with E-state index in [2.05, 4.69) is 32.9 Å². The molecule has 2 heterocycles. The Morgan fingerprint density at radius 2 is 1.97 bits per heavy atom. The summed E-state index contributed by atoms with van der Waals surface area (Å²) in [6.45, 7) is 8.40. The third kappa shape index (κ3) is 3.81. The highest BCUT2D eigenvalue weighted by atomic mass is 32.2. The van der Waals surface area contributed by atoms with E-state index in [0.717, 1.165) is 44.5 Å². The van der Waals surface area contributed by atoms with Crippen molar-refractivity contribution >= 4 is 34.6 Å². The summed E-state index contributed by atoms with van der Waals surface area (Å²) in [7, 11) is 0. The Kier molecular flexibility index (Phi) is 5.76. The number of carbonyl (C=O) groups is 1. The van der Waals surface area contributed by atoms with Gasteiger partial charge in [0.15, 0.2) is 5.78 Å². The molecule has 0 bridgehead atoms. The molecule has 2 aliphatic rings. The number of nitrogens with two attached hydrogens (primary N) is 1. The first kappa shape index (κ1) is 21.7. The summed E-state index contributed by atoms with van der Waals surface area (Å²) < 4.78 is 1.15. The van der Waals surface area contributed by atoms with Crippen LogP contribution in [-0.2, 0) is 4.79 Å². The maximum atomic E-state index is 13.6. The Labute approximate surface area is 192 Å². The van der Waals surface area contributed by atoms with Crippen molar-refractivity contribution in [2.75, 3.05) is 10.7 Å². The number of allylic oxidation sites excluding steroid dienone is 3. The fourth-order valence-electron chi connectivity index (χ4n) is 4.58. The van der Waals surface area contributed by atoms with E-state index in [0.29, 0.717) is 17.8 Å². The normalized spacial score (nSPS) is 20.7. The maximum absolute atomic E-state index is 13.6. The van der Waals surface area contributed by atoms with Gasteiger partial charge in [0, 0.05) is 23.4 Å². The summed E-state index contributed by atoms with van der Waals surface area (Å²) in [6, 6.07) is 12.5. The number of ketones is 1. The van der Waals surface area contributed by atoms with Crippen LogP contribution in [0.25, 0.3) is 0 Å². The minimum atomic E-state index is -0.398. The van der Waals surface area contributed by atoms with Crippen molar-refractivity contribution in [3.05, 3.63) is 69.5 Å². The highest BCUT2D eigenvalue weighted by Crippen LogP contribution is 2.52. The molecule has 6 heteroatoms. The van der Waals surface area contributed by atoms with Crippen LogP contribution in [0.4, 0.5) is 5.69 Å². The van der Waals surface area contributed by atoms with Crippen molar-refractivity contribution in [1.29, 1.82) is 5.26 Å². The number of anilines is 1. The monoisotopic (exact) mass is 449 g/mol. The number of carbonyl (C=O) groups excluding carboxylic acids is 1. The van der Waals surface area contributed by atoms with Gasteiger partial charge in [0.05, 0.1) is 21.8 Å². The Bertz CT molecular complexity index is 1130. The molecule has 0 radical (unpaired) electrons. The van der Waals surface area contributed by atoms with Gasteiger partial charge in [-0.2, -0.15) is 5.26 Å². The van der Waals surface area contributed by atoms with Gasteiger partial charge in [-0.05, 0) is 53.7 Å². The Balaban J connectivity index is 1.98. The van der Waals surface area contributed by atoms with E-state index in [-0.39, 0.29) is 11.2 Å². The zero-order valence-corrected chi connectivity index (χ0v) is 20.0. The van der Waals surface area contributed by atoms with E-state index >= 15 is 0 Å². The summed E-state index contributed by atoms with van der Waals surface area (Å²) in [5, 5.41) is 12.2. The molecular weight excluding hydrogens is 422 g/mol. The molecule has 0 amide bonds. The van der Waals surface area contributed by atoms with Crippen LogP contribution in [0.2, 0.25) is 0 Å². The average Bonchev–Trinajstić information content (AvgIpc) is 3.15. The van der Waals surface area contributed by atoms with E-state index in [1.165, 1.54) is 0 Å². The summed E-state index contributed by atoms with van der Waals surface area (Å²) in [5.41, 5.74) is 11.7. The minimum Gasteiger partial charge on any atom is -0.384 e. The molecule has 4 rings (SSSR count). The van der Waals surface area contributed by atoms with Gasteiger partial charge in [-0.1, -0.05) is 38.5 Å². The van der Waals surface area contributed by atoms with Gasteiger partial charge in [-0.15, -0.1) is 23.1 Å². The van der Waals surface area contributed by atoms with Crippen molar-refractivity contribution in [2.24, 2.45) is 11.1 Å². The first-order chi connectivity index (χ1) is 14.8. The number of benzene rings is 1. The van der Waals surface area contributed by atoms with Crippen LogP contribution < -0.4 is 10.6 Å². The lowest BCUT2D eigenvalue weighted by Gasteiger charge is -2.43. The molecule has 4 nitrogen and oxygen atoms in total. The largest absolute Gasteiger partial charge is 0.384 e. The third-order valence-electron chi connectivity index (χ3n) is 5.92. The molecule has 1 aliphatic heterocycles. The Hall–Kier alpha value is -2.49. The standard InChI is InChI=1S/C25H27N3OS2/c1-5-30-24-17(10-11-31-24)21-18(14-26)23(27)28(16-8-6-15(2)7-9-16)19-12-25(3,4)13-20(29)22(19)21/h6-11,21H,5,12-13,27H2,1-4H3/t21-/m0/s1. The molecule has 0 spiro atoms. The van der Waals surface area contributed by atoms with Crippen LogP contribution in [-0.4, -0.2) is 11.5 Å². The molecule has 31 heavy (non-hydrogen) atoms. The zero-order chi connectivity index (χ0) is 22.3. The molecule has 1 aliphatic carbocycles. The Morgan fingerprint density at radius 3 is 2.61 bits per heavy atom. The molecule has 1 atom stereocenters. The van der Waals surface area contributed by atoms with E-state index in [4.69, 9.17) is 5.73 Å². The number of nitriles is 1. The summed E-state index contributed by atoms with van der Waals surface area (Å²) >= 11 is 3.42. The number of hydrogen-bond acceptors (Lipinski definition) is 6. The number of hydrogen-bond donors (Lipinski definition) is 1. The van der Waals surface area contributed by atoms with E-state index in [1.54, 1.807) is 23.1 Å². The van der Waals surface area contributed by atoms with Crippen LogP contribution in [0.15, 0.2) is 62.6 Å². The summed E-state index contributed by atoms with van der Waals surface area (Å²) in [5.74, 6) is 1.08. The molecular formula is C25H27N3OS2. The van der Waals surface area contributed by atoms with Gasteiger partial charge in [0.1, 0.15) is 5.82 Å². The van der Waals surface area contributed by atoms with Gasteiger partial charge < -0.3 is 5.73 Å². The van der Waals surface area contributed by atoms with Crippen molar-refractivity contribution in [1.82, 2.24) is 0 Å². The number of thioether (sulfide) groups is 1. The molecule has 2 N–H and O–H groups in total. The van der Waals surface area contributed by atoms with Gasteiger partial charge in [-0.25, -0.2) is 0 Å². The lowest BCUT2D eigenvalue weighted by molar-refractivity contribution is -0.118. The highest BCUT2D eigenvalue weighted by molar-refractivity contribution is 8.01. The third-order valence-corrected chi connectivity index (χ3v) is 8.07. The smallest absolute Gasteiger partial charge is 0.162 e. The maximum Gasteiger partial charge on any atom is 0.162 e. The van der Waals surface area contributed by atoms with Crippen LogP contribution >= 0.6 is 23.1 Å². The van der Waals surface area contributed by atoms with Crippen LogP contribution in [0.3, 0.4) is 0 Å². The molecule has 0 saturated heterocycles. The first-order valence-electron chi connectivity index (χ1n) is 10.5. The number of aryl methyl sites for hydroxylation is 1. The lowest BCUT2D eigenvalue weighted by Crippen LogP contribution is -2.42. The number of Topliss-reactive ketones (excluding diaryl/α,β-unsaturated/α-hetero) is 1. The second-order valence-electron chi connectivity index (χ2n) is 8.91. The molecule has 160 valence electrons. The summed E-state index contributed by atoms with van der Waals surface area (Å²) in [4.78, 5) is 15.5. The Morgan fingerprint density at radius 1 is 1.26 bits per heavy atom. The summed E-state index contributed by atoms with van der Waals surface area (Å²) in [6.07, 6.45) is 1.21. The van der Waals surface area contributed by atoms with Gasteiger partial charge in [0.25, 0.3) is 0 Å². The fraction of sp³-hybridized carbons (Fsp3) is 0.360. The second kappa shape index (κ2) is 8.22. The van der Waals surface area contributed by atoms with Crippen LogP contribution in [0.1, 0.15) is 50.7 Å². The van der Waals surface area contributed by atoms with Crippen LogP contribution in [0.5, 0.6) is 0 Å². The molecule has 1 aromatic heterocycles. The lowest BCUT2D eigenvalue weighted by atomic mass is 9.69. The molecule has 0 unspecified atom stereocenters.